The molecule has 19 heavy (non-hydrogen) atoms. The molecule has 0 aliphatic heterocycles. The van der Waals surface area contributed by atoms with Crippen LogP contribution in [0.1, 0.15) is 24.2 Å². The highest BCUT2D eigenvalue weighted by molar-refractivity contribution is 5.96. The van der Waals surface area contributed by atoms with Gasteiger partial charge in [0.05, 0.1) is 11.1 Å². The molecular weight excluding hydrogens is 256 g/mol. The first-order chi connectivity index (χ1) is 8.66. The number of nitrogens with one attached hydrogen (secondary N) is 1. The first-order valence-electron chi connectivity index (χ1n) is 5.48. The Kier molecular flexibility index (Phi) is 4.08. The Morgan fingerprint density at radius 1 is 1.32 bits per heavy atom. The summed E-state index contributed by atoms with van der Waals surface area (Å²) in [6.07, 6.45) is 0. The lowest BCUT2D eigenvalue weighted by Crippen LogP contribution is -2.42. The maximum atomic E-state index is 13.6. The Hall–Kier alpha value is -2.18. The highest BCUT2D eigenvalue weighted by Crippen LogP contribution is 2.19. The number of nitrogen functional groups attached to an aromatic ring is 1. The minimum atomic E-state index is -1.13. The SMILES string of the molecule is CC(C)(CNC(=O)c1c(F)ccc(N)c1F)C(N)=O. The van der Waals surface area contributed by atoms with E-state index < -0.39 is 34.4 Å². The second kappa shape index (κ2) is 5.21. The molecule has 1 rings (SSSR count). The van der Waals surface area contributed by atoms with E-state index >= 15 is 0 Å². The number of halogens is 2. The molecule has 0 unspecified atom stereocenters. The second-order valence-corrected chi connectivity index (χ2v) is 4.76. The number of primary amides is 1. The molecule has 0 spiro atoms. The highest BCUT2D eigenvalue weighted by Gasteiger charge is 2.27. The van der Waals surface area contributed by atoms with E-state index in [0.29, 0.717) is 0 Å². The molecule has 2 amide bonds. The van der Waals surface area contributed by atoms with E-state index in [-0.39, 0.29) is 12.2 Å². The summed E-state index contributed by atoms with van der Waals surface area (Å²) < 4.78 is 27.0. The second-order valence-electron chi connectivity index (χ2n) is 4.76. The van der Waals surface area contributed by atoms with Crippen molar-refractivity contribution in [3.8, 4) is 0 Å². The lowest BCUT2D eigenvalue weighted by molar-refractivity contribution is -0.125. The molecule has 5 N–H and O–H groups in total. The smallest absolute Gasteiger partial charge is 0.257 e. The van der Waals surface area contributed by atoms with Crippen molar-refractivity contribution in [2.75, 3.05) is 12.3 Å². The zero-order valence-corrected chi connectivity index (χ0v) is 10.6. The molecule has 0 saturated heterocycles. The fraction of sp³-hybridized carbons (Fsp3) is 0.333. The van der Waals surface area contributed by atoms with Gasteiger partial charge in [-0.3, -0.25) is 9.59 Å². The van der Waals surface area contributed by atoms with Crippen LogP contribution in [0.3, 0.4) is 0 Å². The molecule has 7 heteroatoms. The summed E-state index contributed by atoms with van der Waals surface area (Å²) in [4.78, 5) is 22.8. The van der Waals surface area contributed by atoms with Crippen LogP contribution in [0, 0.1) is 17.0 Å². The summed E-state index contributed by atoms with van der Waals surface area (Å²) in [6, 6.07) is 1.92. The monoisotopic (exact) mass is 271 g/mol. The van der Waals surface area contributed by atoms with Crippen LogP contribution >= 0.6 is 0 Å². The predicted octanol–water partition coefficient (Wildman–Crippen LogP) is 0.788. The van der Waals surface area contributed by atoms with Gasteiger partial charge in [-0.15, -0.1) is 0 Å². The normalized spacial score (nSPS) is 11.2. The van der Waals surface area contributed by atoms with Crippen molar-refractivity contribution in [2.45, 2.75) is 13.8 Å². The quantitative estimate of drug-likeness (QED) is 0.706. The number of hydrogen-bond acceptors (Lipinski definition) is 3. The average molecular weight is 271 g/mol. The van der Waals surface area contributed by atoms with Crippen LogP contribution in [0.2, 0.25) is 0 Å². The van der Waals surface area contributed by atoms with Gasteiger partial charge in [0.1, 0.15) is 11.4 Å². The van der Waals surface area contributed by atoms with Crippen LogP contribution in [-0.2, 0) is 4.79 Å². The van der Waals surface area contributed by atoms with Crippen LogP contribution < -0.4 is 16.8 Å². The van der Waals surface area contributed by atoms with Gasteiger partial charge in [-0.05, 0) is 26.0 Å². The van der Waals surface area contributed by atoms with Gasteiger partial charge in [-0.25, -0.2) is 8.78 Å². The van der Waals surface area contributed by atoms with Gasteiger partial charge in [-0.2, -0.15) is 0 Å². The van der Waals surface area contributed by atoms with Crippen molar-refractivity contribution in [3.63, 3.8) is 0 Å². The van der Waals surface area contributed by atoms with Crippen LogP contribution in [0.5, 0.6) is 0 Å². The minimum absolute atomic E-state index is 0.144. The fourth-order valence-electron chi connectivity index (χ4n) is 1.25. The standard InChI is InChI=1S/C12H15F2N3O2/c1-12(2,11(16)19)5-17-10(18)8-6(13)3-4-7(15)9(8)14/h3-4H,5,15H2,1-2H3,(H2,16,19)(H,17,18). The summed E-state index contributed by atoms with van der Waals surface area (Å²) in [5, 5.41) is 2.25. The molecule has 0 heterocycles. The van der Waals surface area contributed by atoms with Gasteiger partial charge in [0, 0.05) is 6.54 Å². The lowest BCUT2D eigenvalue weighted by Gasteiger charge is -2.20. The number of hydrogen-bond donors (Lipinski definition) is 3. The molecule has 1 aromatic carbocycles. The summed E-state index contributed by atoms with van der Waals surface area (Å²) in [6.45, 7) is 2.86. The molecule has 0 aromatic heterocycles. The maximum absolute atomic E-state index is 13.6. The number of rotatable bonds is 4. The third-order valence-corrected chi connectivity index (χ3v) is 2.71. The summed E-state index contributed by atoms with van der Waals surface area (Å²) >= 11 is 0. The fourth-order valence-corrected chi connectivity index (χ4v) is 1.25. The Morgan fingerprint density at radius 3 is 2.42 bits per heavy atom. The average Bonchev–Trinajstić information content (AvgIpc) is 2.32. The number of nitrogens with two attached hydrogens (primary N) is 2. The molecule has 5 nitrogen and oxygen atoms in total. The van der Waals surface area contributed by atoms with Crippen LogP contribution in [0.25, 0.3) is 0 Å². The molecule has 104 valence electrons. The summed E-state index contributed by atoms with van der Waals surface area (Å²) in [7, 11) is 0. The zero-order valence-electron chi connectivity index (χ0n) is 10.6. The van der Waals surface area contributed by atoms with Gasteiger partial charge in [0.15, 0.2) is 5.82 Å². The molecule has 0 aliphatic carbocycles. The Bertz CT molecular complexity index is 530. The number of anilines is 1. The van der Waals surface area contributed by atoms with Crippen LogP contribution in [0.15, 0.2) is 12.1 Å². The van der Waals surface area contributed by atoms with E-state index in [1.54, 1.807) is 0 Å². The van der Waals surface area contributed by atoms with E-state index in [4.69, 9.17) is 11.5 Å². The largest absolute Gasteiger partial charge is 0.396 e. The molecule has 0 bridgehead atoms. The first-order valence-corrected chi connectivity index (χ1v) is 5.48. The molecule has 0 aliphatic rings. The van der Waals surface area contributed by atoms with Crippen molar-refractivity contribution in [1.29, 1.82) is 0 Å². The van der Waals surface area contributed by atoms with E-state index in [1.165, 1.54) is 13.8 Å². The van der Waals surface area contributed by atoms with Gasteiger partial charge >= 0.3 is 0 Å². The molecule has 1 aromatic rings. The van der Waals surface area contributed by atoms with Crippen molar-refractivity contribution < 1.29 is 18.4 Å². The third-order valence-electron chi connectivity index (χ3n) is 2.71. The number of carbonyl (C=O) groups excluding carboxylic acids is 2. The van der Waals surface area contributed by atoms with E-state index in [1.807, 2.05) is 0 Å². The van der Waals surface area contributed by atoms with E-state index in [9.17, 15) is 18.4 Å². The van der Waals surface area contributed by atoms with Crippen LogP contribution in [-0.4, -0.2) is 18.4 Å². The summed E-state index contributed by atoms with van der Waals surface area (Å²) in [5.41, 5.74) is 8.25. The maximum Gasteiger partial charge on any atom is 0.257 e. The topological polar surface area (TPSA) is 98.2 Å². The minimum Gasteiger partial charge on any atom is -0.396 e. The Balaban J connectivity index is 2.92. The first kappa shape index (κ1) is 14.9. The molecule has 0 saturated carbocycles. The van der Waals surface area contributed by atoms with E-state index in [2.05, 4.69) is 5.32 Å². The van der Waals surface area contributed by atoms with Crippen molar-refractivity contribution >= 4 is 17.5 Å². The van der Waals surface area contributed by atoms with Crippen LogP contribution in [0.4, 0.5) is 14.5 Å². The number of amides is 2. The highest BCUT2D eigenvalue weighted by atomic mass is 19.1. The van der Waals surface area contributed by atoms with Gasteiger partial charge in [-0.1, -0.05) is 0 Å². The van der Waals surface area contributed by atoms with E-state index in [0.717, 1.165) is 12.1 Å². The number of carbonyl (C=O) groups is 2. The lowest BCUT2D eigenvalue weighted by atomic mass is 9.92. The predicted molar refractivity (Wildman–Crippen MR) is 66.1 cm³/mol. The van der Waals surface area contributed by atoms with Crippen molar-refractivity contribution in [2.24, 2.45) is 11.1 Å². The number of benzene rings is 1. The zero-order chi connectivity index (χ0) is 14.8. The van der Waals surface area contributed by atoms with Crippen molar-refractivity contribution in [1.82, 2.24) is 5.32 Å². The van der Waals surface area contributed by atoms with Gasteiger partial charge in [0.2, 0.25) is 5.91 Å². The summed E-state index contributed by atoms with van der Waals surface area (Å²) in [5.74, 6) is -3.78. The van der Waals surface area contributed by atoms with Gasteiger partial charge in [0.25, 0.3) is 5.91 Å². The van der Waals surface area contributed by atoms with Gasteiger partial charge < -0.3 is 16.8 Å². The molecule has 0 radical (unpaired) electrons. The van der Waals surface area contributed by atoms with Crippen molar-refractivity contribution in [3.05, 3.63) is 29.3 Å². The molecule has 0 atom stereocenters. The molecule has 0 fully saturated rings. The Morgan fingerprint density at radius 2 is 1.89 bits per heavy atom. The third kappa shape index (κ3) is 3.18. The molecular formula is C12H15F2N3O2. The Labute approximate surface area is 109 Å².